The molecule has 24 heavy (non-hydrogen) atoms. The van der Waals surface area contributed by atoms with E-state index in [0.29, 0.717) is 22.1 Å². The summed E-state index contributed by atoms with van der Waals surface area (Å²) in [7, 11) is 0. The molecular formula is C19H13ClO4. The number of hydrogen-bond acceptors (Lipinski definition) is 4. The van der Waals surface area contributed by atoms with E-state index in [-0.39, 0.29) is 23.4 Å². The minimum absolute atomic E-state index is 0.0150. The SMILES string of the molecule is O=C1C(=Cc2ccc(Cl)cc2)Oc2cc(OC(=O)C3CC3)ccc21. The molecule has 1 aliphatic heterocycles. The second-order valence-electron chi connectivity index (χ2n) is 5.84. The van der Waals surface area contributed by atoms with Crippen LogP contribution in [0.15, 0.2) is 48.2 Å². The predicted molar refractivity (Wildman–Crippen MR) is 89.2 cm³/mol. The number of Topliss-reactive ketones (excluding diaryl/α,β-unsaturated/α-hetero) is 1. The summed E-state index contributed by atoms with van der Waals surface area (Å²) in [5.74, 6) is 0.628. The van der Waals surface area contributed by atoms with Crippen molar-refractivity contribution in [2.24, 2.45) is 5.92 Å². The summed E-state index contributed by atoms with van der Waals surface area (Å²) in [6, 6.07) is 11.9. The summed E-state index contributed by atoms with van der Waals surface area (Å²) in [4.78, 5) is 24.1. The van der Waals surface area contributed by atoms with Gasteiger partial charge in [-0.3, -0.25) is 9.59 Å². The molecule has 2 aromatic carbocycles. The van der Waals surface area contributed by atoms with Gasteiger partial charge < -0.3 is 9.47 Å². The lowest BCUT2D eigenvalue weighted by Gasteiger charge is -2.04. The van der Waals surface area contributed by atoms with Crippen molar-refractivity contribution in [1.29, 1.82) is 0 Å². The Balaban J connectivity index is 1.57. The smallest absolute Gasteiger partial charge is 0.314 e. The summed E-state index contributed by atoms with van der Waals surface area (Å²) in [5, 5.41) is 0.626. The van der Waals surface area contributed by atoms with Crippen LogP contribution in [0.3, 0.4) is 0 Å². The molecule has 1 aliphatic carbocycles. The van der Waals surface area contributed by atoms with Gasteiger partial charge in [0.2, 0.25) is 5.78 Å². The molecule has 0 aromatic heterocycles. The largest absolute Gasteiger partial charge is 0.452 e. The number of carbonyl (C=O) groups excluding carboxylic acids is 2. The van der Waals surface area contributed by atoms with E-state index in [1.165, 1.54) is 0 Å². The molecule has 120 valence electrons. The van der Waals surface area contributed by atoms with E-state index in [1.54, 1.807) is 48.5 Å². The Morgan fingerprint density at radius 1 is 1.17 bits per heavy atom. The van der Waals surface area contributed by atoms with Crippen molar-refractivity contribution in [2.45, 2.75) is 12.8 Å². The molecule has 5 heteroatoms. The first-order chi connectivity index (χ1) is 11.6. The second-order valence-corrected chi connectivity index (χ2v) is 6.28. The third-order valence-corrected chi connectivity index (χ3v) is 4.19. The first kappa shape index (κ1) is 15.0. The highest BCUT2D eigenvalue weighted by Gasteiger charge is 2.32. The maximum absolute atomic E-state index is 12.4. The van der Waals surface area contributed by atoms with Crippen molar-refractivity contribution >= 4 is 29.4 Å². The quantitative estimate of drug-likeness (QED) is 0.475. The van der Waals surface area contributed by atoms with Gasteiger partial charge in [-0.25, -0.2) is 0 Å². The number of benzene rings is 2. The van der Waals surface area contributed by atoms with Crippen molar-refractivity contribution < 1.29 is 19.1 Å². The van der Waals surface area contributed by atoms with E-state index in [9.17, 15) is 9.59 Å². The molecule has 0 unspecified atom stereocenters. The van der Waals surface area contributed by atoms with E-state index < -0.39 is 0 Å². The molecule has 1 fully saturated rings. The Morgan fingerprint density at radius 2 is 1.92 bits per heavy atom. The van der Waals surface area contributed by atoms with Crippen LogP contribution < -0.4 is 9.47 Å². The zero-order chi connectivity index (χ0) is 16.7. The highest BCUT2D eigenvalue weighted by Crippen LogP contribution is 2.36. The molecule has 1 saturated carbocycles. The lowest BCUT2D eigenvalue weighted by molar-refractivity contribution is -0.135. The number of halogens is 1. The first-order valence-electron chi connectivity index (χ1n) is 7.66. The summed E-state index contributed by atoms with van der Waals surface area (Å²) in [6.07, 6.45) is 3.42. The van der Waals surface area contributed by atoms with E-state index in [0.717, 1.165) is 18.4 Å². The summed E-state index contributed by atoms with van der Waals surface area (Å²) < 4.78 is 10.9. The van der Waals surface area contributed by atoms with Crippen LogP contribution >= 0.6 is 11.6 Å². The number of rotatable bonds is 3. The number of ether oxygens (including phenoxy) is 2. The van der Waals surface area contributed by atoms with E-state index in [4.69, 9.17) is 21.1 Å². The minimum atomic E-state index is -0.226. The van der Waals surface area contributed by atoms with Crippen molar-refractivity contribution in [1.82, 2.24) is 0 Å². The number of ketones is 1. The molecule has 2 aliphatic rings. The Kier molecular flexibility index (Phi) is 3.62. The molecule has 0 bridgehead atoms. The van der Waals surface area contributed by atoms with Crippen LogP contribution in [-0.4, -0.2) is 11.8 Å². The van der Waals surface area contributed by atoms with Crippen LogP contribution in [0.4, 0.5) is 0 Å². The molecule has 0 saturated heterocycles. The average Bonchev–Trinajstić information content (AvgIpc) is 3.37. The van der Waals surface area contributed by atoms with Crippen LogP contribution in [0.2, 0.25) is 5.02 Å². The first-order valence-corrected chi connectivity index (χ1v) is 8.03. The van der Waals surface area contributed by atoms with Gasteiger partial charge >= 0.3 is 5.97 Å². The number of fused-ring (bicyclic) bond motifs is 1. The van der Waals surface area contributed by atoms with Crippen LogP contribution in [0, 0.1) is 5.92 Å². The molecule has 0 N–H and O–H groups in total. The third-order valence-electron chi connectivity index (χ3n) is 3.94. The van der Waals surface area contributed by atoms with E-state index >= 15 is 0 Å². The number of hydrogen-bond donors (Lipinski definition) is 0. The number of allylic oxidation sites excluding steroid dienone is 1. The fourth-order valence-corrected chi connectivity index (χ4v) is 2.59. The Labute approximate surface area is 143 Å². The molecule has 4 rings (SSSR count). The van der Waals surface area contributed by atoms with E-state index in [1.807, 2.05) is 0 Å². The van der Waals surface area contributed by atoms with Crippen LogP contribution in [0.25, 0.3) is 6.08 Å². The maximum Gasteiger partial charge on any atom is 0.314 e. The van der Waals surface area contributed by atoms with Gasteiger partial charge in [0.15, 0.2) is 5.76 Å². The van der Waals surface area contributed by atoms with Crippen molar-refractivity contribution in [3.05, 3.63) is 64.4 Å². The predicted octanol–water partition coefficient (Wildman–Crippen LogP) is 4.27. The van der Waals surface area contributed by atoms with Crippen LogP contribution in [0.1, 0.15) is 28.8 Å². The van der Waals surface area contributed by atoms with Crippen LogP contribution in [-0.2, 0) is 4.79 Å². The molecule has 0 amide bonds. The Morgan fingerprint density at radius 3 is 2.62 bits per heavy atom. The van der Waals surface area contributed by atoms with Gasteiger partial charge in [0, 0.05) is 11.1 Å². The Hall–Kier alpha value is -2.59. The Bertz CT molecular complexity index is 863. The highest BCUT2D eigenvalue weighted by molar-refractivity contribution is 6.30. The van der Waals surface area contributed by atoms with Crippen molar-refractivity contribution in [2.75, 3.05) is 0 Å². The van der Waals surface area contributed by atoms with Gasteiger partial charge in [-0.05, 0) is 48.7 Å². The molecule has 0 spiro atoms. The summed E-state index contributed by atoms with van der Waals surface area (Å²) >= 11 is 5.86. The van der Waals surface area contributed by atoms with E-state index in [2.05, 4.69) is 0 Å². The highest BCUT2D eigenvalue weighted by atomic mass is 35.5. The molecule has 0 radical (unpaired) electrons. The zero-order valence-corrected chi connectivity index (χ0v) is 13.4. The normalized spacial score (nSPS) is 17.5. The molecule has 0 atom stereocenters. The fraction of sp³-hybridized carbons (Fsp3) is 0.158. The van der Waals surface area contributed by atoms with Crippen molar-refractivity contribution in [3.63, 3.8) is 0 Å². The maximum atomic E-state index is 12.4. The molecule has 2 aromatic rings. The summed E-state index contributed by atoms with van der Waals surface area (Å²) in [6.45, 7) is 0. The number of esters is 1. The van der Waals surface area contributed by atoms with Gasteiger partial charge in [0.05, 0.1) is 11.5 Å². The van der Waals surface area contributed by atoms with Gasteiger partial charge in [0.25, 0.3) is 0 Å². The lowest BCUT2D eigenvalue weighted by Crippen LogP contribution is -2.09. The number of carbonyl (C=O) groups is 2. The molecule has 4 nitrogen and oxygen atoms in total. The average molecular weight is 341 g/mol. The monoisotopic (exact) mass is 340 g/mol. The minimum Gasteiger partial charge on any atom is -0.452 e. The summed E-state index contributed by atoms with van der Waals surface area (Å²) in [5.41, 5.74) is 1.28. The second kappa shape index (κ2) is 5.80. The van der Waals surface area contributed by atoms with Crippen LogP contribution in [0.5, 0.6) is 11.5 Å². The topological polar surface area (TPSA) is 52.6 Å². The zero-order valence-electron chi connectivity index (χ0n) is 12.6. The molecule has 1 heterocycles. The van der Waals surface area contributed by atoms with Gasteiger partial charge in [-0.2, -0.15) is 0 Å². The van der Waals surface area contributed by atoms with Crippen molar-refractivity contribution in [3.8, 4) is 11.5 Å². The fourth-order valence-electron chi connectivity index (χ4n) is 2.46. The van der Waals surface area contributed by atoms with Gasteiger partial charge in [-0.1, -0.05) is 23.7 Å². The van der Waals surface area contributed by atoms with Gasteiger partial charge in [-0.15, -0.1) is 0 Å². The van der Waals surface area contributed by atoms with Gasteiger partial charge in [0.1, 0.15) is 11.5 Å². The third kappa shape index (κ3) is 2.93. The lowest BCUT2D eigenvalue weighted by atomic mass is 10.1. The molecular weight excluding hydrogens is 328 g/mol. The standard InChI is InChI=1S/C19H13ClO4/c20-13-5-1-11(2-6-13)9-17-18(21)15-8-7-14(10-16(15)24-17)23-19(22)12-3-4-12/h1-2,5-10,12H,3-4H2.